The van der Waals surface area contributed by atoms with Gasteiger partial charge in [0.2, 0.25) is 5.91 Å². The van der Waals surface area contributed by atoms with Crippen LogP contribution in [0.1, 0.15) is 11.1 Å². The molecule has 0 saturated heterocycles. The number of hydrogen-bond acceptors (Lipinski definition) is 2. The highest BCUT2D eigenvalue weighted by atomic mass is 19.1. The summed E-state index contributed by atoms with van der Waals surface area (Å²) in [4.78, 5) is 23.1. The van der Waals surface area contributed by atoms with E-state index in [1.807, 2.05) is 6.07 Å². The van der Waals surface area contributed by atoms with Gasteiger partial charge >= 0.3 is 5.97 Å². The third kappa shape index (κ3) is 5.39. The summed E-state index contributed by atoms with van der Waals surface area (Å²) < 4.78 is 13.0. The molecular weight excluding hydrogens is 297 g/mol. The van der Waals surface area contributed by atoms with Crippen LogP contribution in [0.15, 0.2) is 60.7 Å². The molecule has 0 radical (unpaired) electrons. The monoisotopic (exact) mass is 313 g/mol. The number of carbonyl (C=O) groups excluding carboxylic acids is 1. The Kier molecular flexibility index (Phi) is 5.63. The van der Waals surface area contributed by atoms with E-state index in [0.29, 0.717) is 5.56 Å². The molecule has 4 nitrogen and oxygen atoms in total. The highest BCUT2D eigenvalue weighted by molar-refractivity contribution is 5.94. The lowest BCUT2D eigenvalue weighted by atomic mass is 10.1. The maximum atomic E-state index is 13.0. The first-order valence-corrected chi connectivity index (χ1v) is 7.05. The zero-order valence-corrected chi connectivity index (χ0v) is 12.3. The van der Waals surface area contributed by atoms with Crippen molar-refractivity contribution in [2.24, 2.45) is 0 Å². The van der Waals surface area contributed by atoms with Gasteiger partial charge in [-0.15, -0.1) is 0 Å². The fourth-order valence-electron chi connectivity index (χ4n) is 2.05. The molecule has 0 bridgehead atoms. The fraction of sp³-hybridized carbons (Fsp3) is 0.111. The molecule has 0 aliphatic rings. The van der Waals surface area contributed by atoms with Crippen LogP contribution in [0.25, 0.3) is 6.08 Å². The Labute approximate surface area is 133 Å². The van der Waals surface area contributed by atoms with Gasteiger partial charge in [0.1, 0.15) is 11.9 Å². The summed E-state index contributed by atoms with van der Waals surface area (Å²) in [6.07, 6.45) is 2.81. The SMILES string of the molecule is O=C(/C=C/c1cccc(F)c1)NC(Cc1ccccc1)C(=O)O. The van der Waals surface area contributed by atoms with Gasteiger partial charge in [0.15, 0.2) is 0 Å². The number of benzene rings is 2. The largest absolute Gasteiger partial charge is 0.480 e. The lowest BCUT2D eigenvalue weighted by Crippen LogP contribution is -2.41. The molecule has 0 saturated carbocycles. The number of aliphatic carboxylic acids is 1. The Hall–Kier alpha value is -2.95. The zero-order valence-electron chi connectivity index (χ0n) is 12.3. The van der Waals surface area contributed by atoms with Crippen molar-refractivity contribution in [1.82, 2.24) is 5.32 Å². The first kappa shape index (κ1) is 16.4. The van der Waals surface area contributed by atoms with Crippen LogP contribution in [0, 0.1) is 5.82 Å². The number of carboxylic acids is 1. The quantitative estimate of drug-likeness (QED) is 0.806. The Bertz CT molecular complexity index is 713. The van der Waals surface area contributed by atoms with Gasteiger partial charge in [0.05, 0.1) is 0 Å². The summed E-state index contributed by atoms with van der Waals surface area (Å²) in [5.41, 5.74) is 1.34. The molecule has 2 aromatic carbocycles. The minimum absolute atomic E-state index is 0.190. The fourth-order valence-corrected chi connectivity index (χ4v) is 2.05. The van der Waals surface area contributed by atoms with E-state index in [1.54, 1.807) is 30.3 Å². The highest BCUT2D eigenvalue weighted by Gasteiger charge is 2.19. The van der Waals surface area contributed by atoms with Crippen molar-refractivity contribution in [3.63, 3.8) is 0 Å². The van der Waals surface area contributed by atoms with E-state index in [2.05, 4.69) is 5.32 Å². The van der Waals surface area contributed by atoms with Gasteiger partial charge < -0.3 is 10.4 Å². The standard InChI is InChI=1S/C18H16FNO3/c19-15-8-4-7-14(11-15)9-10-17(21)20-16(18(22)23)12-13-5-2-1-3-6-13/h1-11,16H,12H2,(H,20,21)(H,22,23)/b10-9+. The van der Waals surface area contributed by atoms with Crippen LogP contribution in [-0.2, 0) is 16.0 Å². The molecule has 1 unspecified atom stereocenters. The van der Waals surface area contributed by atoms with Crippen molar-refractivity contribution in [2.75, 3.05) is 0 Å². The maximum absolute atomic E-state index is 13.0. The van der Waals surface area contributed by atoms with E-state index in [1.165, 1.54) is 30.4 Å². The Morgan fingerprint density at radius 1 is 1.13 bits per heavy atom. The molecule has 0 aliphatic carbocycles. The topological polar surface area (TPSA) is 66.4 Å². The Morgan fingerprint density at radius 2 is 1.87 bits per heavy atom. The van der Waals surface area contributed by atoms with Gasteiger partial charge in [0.25, 0.3) is 0 Å². The summed E-state index contributed by atoms with van der Waals surface area (Å²) in [7, 11) is 0. The second kappa shape index (κ2) is 7.89. The predicted molar refractivity (Wildman–Crippen MR) is 85.1 cm³/mol. The molecule has 2 N–H and O–H groups in total. The molecule has 5 heteroatoms. The Balaban J connectivity index is 1.99. The van der Waals surface area contributed by atoms with Gasteiger partial charge in [-0.25, -0.2) is 9.18 Å². The van der Waals surface area contributed by atoms with Crippen molar-refractivity contribution in [2.45, 2.75) is 12.5 Å². The second-order valence-electron chi connectivity index (χ2n) is 4.98. The lowest BCUT2D eigenvalue weighted by Gasteiger charge is -2.13. The van der Waals surface area contributed by atoms with Crippen LogP contribution in [-0.4, -0.2) is 23.0 Å². The van der Waals surface area contributed by atoms with Gasteiger partial charge in [0, 0.05) is 12.5 Å². The van der Waals surface area contributed by atoms with Crippen molar-refractivity contribution in [3.8, 4) is 0 Å². The van der Waals surface area contributed by atoms with Crippen LogP contribution < -0.4 is 5.32 Å². The first-order valence-electron chi connectivity index (χ1n) is 7.05. The summed E-state index contributed by atoms with van der Waals surface area (Å²) in [5, 5.41) is 11.6. The number of carbonyl (C=O) groups is 2. The van der Waals surface area contributed by atoms with Gasteiger partial charge in [-0.1, -0.05) is 42.5 Å². The molecule has 0 aromatic heterocycles. The average Bonchev–Trinajstić information content (AvgIpc) is 2.53. The van der Waals surface area contributed by atoms with Crippen LogP contribution in [0.4, 0.5) is 4.39 Å². The molecule has 1 amide bonds. The summed E-state index contributed by atoms with van der Waals surface area (Å²) >= 11 is 0. The molecule has 1 atom stereocenters. The Morgan fingerprint density at radius 3 is 2.52 bits per heavy atom. The molecule has 0 spiro atoms. The summed E-state index contributed by atoms with van der Waals surface area (Å²) in [5.74, 6) is -2.06. The molecule has 0 fully saturated rings. The molecule has 2 aromatic rings. The number of carboxylic acid groups (broad SMARTS) is 1. The minimum Gasteiger partial charge on any atom is -0.480 e. The molecule has 118 valence electrons. The van der Waals surface area contributed by atoms with Crippen molar-refractivity contribution < 1.29 is 19.1 Å². The first-order chi connectivity index (χ1) is 11.0. The molecule has 23 heavy (non-hydrogen) atoms. The van der Waals surface area contributed by atoms with E-state index < -0.39 is 23.7 Å². The van der Waals surface area contributed by atoms with Crippen LogP contribution >= 0.6 is 0 Å². The predicted octanol–water partition coefficient (Wildman–Crippen LogP) is 2.65. The molecular formula is C18H16FNO3. The number of hydrogen-bond donors (Lipinski definition) is 2. The number of halogens is 1. The third-order valence-corrected chi connectivity index (χ3v) is 3.17. The smallest absolute Gasteiger partial charge is 0.326 e. The number of rotatable bonds is 6. The summed E-state index contributed by atoms with van der Waals surface area (Å²) in [6.45, 7) is 0. The minimum atomic E-state index is -1.11. The van der Waals surface area contributed by atoms with E-state index in [9.17, 15) is 19.1 Å². The molecule has 0 heterocycles. The van der Waals surface area contributed by atoms with Gasteiger partial charge in [-0.3, -0.25) is 4.79 Å². The number of nitrogens with one attached hydrogen (secondary N) is 1. The average molecular weight is 313 g/mol. The van der Waals surface area contributed by atoms with E-state index >= 15 is 0 Å². The second-order valence-corrected chi connectivity index (χ2v) is 4.98. The van der Waals surface area contributed by atoms with Gasteiger partial charge in [-0.2, -0.15) is 0 Å². The summed E-state index contributed by atoms with van der Waals surface area (Å²) in [6, 6.07) is 13.8. The molecule has 2 rings (SSSR count). The zero-order chi connectivity index (χ0) is 16.7. The van der Waals surface area contributed by atoms with Crippen molar-refractivity contribution >= 4 is 18.0 Å². The normalized spacial score (nSPS) is 12.0. The van der Waals surface area contributed by atoms with Crippen LogP contribution in [0.2, 0.25) is 0 Å². The third-order valence-electron chi connectivity index (χ3n) is 3.17. The van der Waals surface area contributed by atoms with Crippen LogP contribution in [0.5, 0.6) is 0 Å². The van der Waals surface area contributed by atoms with Crippen molar-refractivity contribution in [3.05, 3.63) is 77.6 Å². The van der Waals surface area contributed by atoms with E-state index in [4.69, 9.17) is 0 Å². The highest BCUT2D eigenvalue weighted by Crippen LogP contribution is 2.06. The van der Waals surface area contributed by atoms with E-state index in [0.717, 1.165) is 5.56 Å². The van der Waals surface area contributed by atoms with E-state index in [-0.39, 0.29) is 6.42 Å². The van der Waals surface area contributed by atoms with Gasteiger partial charge in [-0.05, 0) is 29.3 Å². The molecule has 0 aliphatic heterocycles. The number of amides is 1. The maximum Gasteiger partial charge on any atom is 0.326 e. The van der Waals surface area contributed by atoms with Crippen molar-refractivity contribution in [1.29, 1.82) is 0 Å². The van der Waals surface area contributed by atoms with Crippen LogP contribution in [0.3, 0.4) is 0 Å². The lowest BCUT2D eigenvalue weighted by molar-refractivity contribution is -0.141.